The molecule has 0 saturated carbocycles. The molecule has 5 nitrogen and oxygen atoms in total. The van der Waals surface area contributed by atoms with E-state index in [9.17, 15) is 5.26 Å². The molecular formula is C16H13N5. The van der Waals surface area contributed by atoms with E-state index in [1.54, 1.807) is 17.1 Å². The monoisotopic (exact) mass is 275 g/mol. The Kier molecular flexibility index (Phi) is 3.13. The number of para-hydroxylation sites is 1. The van der Waals surface area contributed by atoms with Gasteiger partial charge in [0, 0.05) is 11.3 Å². The van der Waals surface area contributed by atoms with Gasteiger partial charge in [-0.2, -0.15) is 5.26 Å². The molecule has 1 heterocycles. The number of benzene rings is 2. The molecule has 5 heteroatoms. The number of aromatic nitrogens is 3. The summed E-state index contributed by atoms with van der Waals surface area (Å²) in [6.07, 6.45) is 1.62. The highest BCUT2D eigenvalue weighted by Gasteiger charge is 2.11. The average molecular weight is 275 g/mol. The molecule has 0 saturated heterocycles. The van der Waals surface area contributed by atoms with E-state index in [0.717, 1.165) is 16.8 Å². The predicted octanol–water partition coefficient (Wildman–Crippen LogP) is 2.70. The largest absolute Gasteiger partial charge is 0.399 e. The molecule has 2 aromatic carbocycles. The van der Waals surface area contributed by atoms with Crippen LogP contribution in [0, 0.1) is 18.3 Å². The van der Waals surface area contributed by atoms with Gasteiger partial charge in [-0.1, -0.05) is 12.1 Å². The Hall–Kier alpha value is -3.13. The minimum atomic E-state index is 0.573. The number of rotatable bonds is 2. The lowest BCUT2D eigenvalue weighted by Crippen LogP contribution is -2.01. The number of nitriles is 1. The van der Waals surface area contributed by atoms with Gasteiger partial charge in [-0.3, -0.25) is 0 Å². The molecule has 0 atom stereocenters. The molecule has 0 aliphatic rings. The van der Waals surface area contributed by atoms with Crippen molar-refractivity contribution < 1.29 is 0 Å². The fourth-order valence-electron chi connectivity index (χ4n) is 2.19. The Morgan fingerprint density at radius 1 is 1.14 bits per heavy atom. The minimum absolute atomic E-state index is 0.573. The number of nitrogens with two attached hydrogens (primary N) is 1. The normalized spacial score (nSPS) is 10.3. The lowest BCUT2D eigenvalue weighted by Gasteiger charge is -2.06. The summed E-state index contributed by atoms with van der Waals surface area (Å²) >= 11 is 0. The Balaban J connectivity index is 2.07. The maximum atomic E-state index is 9.23. The molecule has 3 rings (SSSR count). The maximum absolute atomic E-state index is 9.23. The highest BCUT2D eigenvalue weighted by Crippen LogP contribution is 2.21. The summed E-state index contributed by atoms with van der Waals surface area (Å²) in [5.41, 5.74) is 9.57. The summed E-state index contributed by atoms with van der Waals surface area (Å²) in [6.45, 7) is 1.95. The van der Waals surface area contributed by atoms with Crippen LogP contribution in [-0.2, 0) is 0 Å². The van der Waals surface area contributed by atoms with Crippen molar-refractivity contribution in [3.8, 4) is 23.1 Å². The second-order valence-corrected chi connectivity index (χ2v) is 4.72. The number of nitrogens with zero attached hydrogens (tertiary/aromatic N) is 4. The number of anilines is 1. The van der Waals surface area contributed by atoms with Crippen LogP contribution in [0.25, 0.3) is 17.1 Å². The van der Waals surface area contributed by atoms with Crippen molar-refractivity contribution in [2.24, 2.45) is 0 Å². The smallest absolute Gasteiger partial charge is 0.181 e. The molecule has 0 aliphatic heterocycles. The van der Waals surface area contributed by atoms with Crippen LogP contribution in [0.3, 0.4) is 0 Å². The van der Waals surface area contributed by atoms with Gasteiger partial charge in [0.25, 0.3) is 0 Å². The number of nitrogen functional groups attached to an aromatic ring is 1. The Morgan fingerprint density at radius 2 is 1.90 bits per heavy atom. The highest BCUT2D eigenvalue weighted by atomic mass is 15.3. The van der Waals surface area contributed by atoms with E-state index in [-0.39, 0.29) is 0 Å². The zero-order chi connectivity index (χ0) is 14.8. The molecular weight excluding hydrogens is 262 g/mol. The maximum Gasteiger partial charge on any atom is 0.181 e. The Labute approximate surface area is 122 Å². The van der Waals surface area contributed by atoms with Crippen LogP contribution in [0.2, 0.25) is 0 Å². The third-order valence-electron chi connectivity index (χ3n) is 3.25. The summed E-state index contributed by atoms with van der Waals surface area (Å²) in [4.78, 5) is 4.31. The molecule has 0 bridgehead atoms. The first-order chi connectivity index (χ1) is 10.2. The fourth-order valence-corrected chi connectivity index (χ4v) is 2.19. The van der Waals surface area contributed by atoms with Gasteiger partial charge in [0.2, 0.25) is 0 Å². The molecule has 0 amide bonds. The molecule has 2 N–H and O–H groups in total. The van der Waals surface area contributed by atoms with Crippen molar-refractivity contribution in [3.05, 3.63) is 59.9 Å². The number of aryl methyl sites for hydroxylation is 1. The van der Waals surface area contributed by atoms with E-state index >= 15 is 0 Å². The first kappa shape index (κ1) is 12.9. The van der Waals surface area contributed by atoms with Crippen LogP contribution < -0.4 is 5.73 Å². The Bertz CT molecular complexity index is 825. The van der Waals surface area contributed by atoms with Crippen molar-refractivity contribution >= 4 is 5.69 Å². The van der Waals surface area contributed by atoms with E-state index in [1.807, 2.05) is 43.3 Å². The topological polar surface area (TPSA) is 80.5 Å². The zero-order valence-electron chi connectivity index (χ0n) is 11.5. The zero-order valence-corrected chi connectivity index (χ0v) is 11.5. The van der Waals surface area contributed by atoms with E-state index in [2.05, 4.69) is 16.2 Å². The SMILES string of the molecule is Cc1cccc(C#N)c1-n1cnc(-c2ccc(N)cc2)n1. The molecule has 102 valence electrons. The van der Waals surface area contributed by atoms with Crippen molar-refractivity contribution in [2.45, 2.75) is 6.92 Å². The van der Waals surface area contributed by atoms with E-state index in [1.165, 1.54) is 0 Å². The van der Waals surface area contributed by atoms with Gasteiger partial charge >= 0.3 is 0 Å². The predicted molar refractivity (Wildman–Crippen MR) is 80.7 cm³/mol. The van der Waals surface area contributed by atoms with Gasteiger partial charge in [0.1, 0.15) is 12.4 Å². The van der Waals surface area contributed by atoms with Gasteiger partial charge in [-0.25, -0.2) is 9.67 Å². The van der Waals surface area contributed by atoms with Crippen LogP contribution in [-0.4, -0.2) is 14.8 Å². The van der Waals surface area contributed by atoms with E-state index in [0.29, 0.717) is 17.1 Å². The molecule has 21 heavy (non-hydrogen) atoms. The molecule has 1 aromatic heterocycles. The summed E-state index contributed by atoms with van der Waals surface area (Å²) in [6, 6.07) is 15.1. The van der Waals surface area contributed by atoms with Crippen molar-refractivity contribution in [1.29, 1.82) is 5.26 Å². The number of hydrogen-bond acceptors (Lipinski definition) is 4. The van der Waals surface area contributed by atoms with Crippen molar-refractivity contribution in [1.82, 2.24) is 14.8 Å². The molecule has 0 spiro atoms. The van der Waals surface area contributed by atoms with E-state index < -0.39 is 0 Å². The lowest BCUT2D eigenvalue weighted by molar-refractivity contribution is 0.871. The fraction of sp³-hybridized carbons (Fsp3) is 0.0625. The van der Waals surface area contributed by atoms with Gasteiger partial charge in [-0.05, 0) is 42.8 Å². The van der Waals surface area contributed by atoms with Gasteiger partial charge in [0.15, 0.2) is 5.82 Å². The van der Waals surface area contributed by atoms with E-state index in [4.69, 9.17) is 5.73 Å². The van der Waals surface area contributed by atoms with Crippen LogP contribution >= 0.6 is 0 Å². The quantitative estimate of drug-likeness (QED) is 0.729. The summed E-state index contributed by atoms with van der Waals surface area (Å²) in [7, 11) is 0. The van der Waals surface area contributed by atoms with Crippen LogP contribution in [0.15, 0.2) is 48.8 Å². The standard InChI is InChI=1S/C16H13N5/c1-11-3-2-4-13(9-17)15(11)21-10-19-16(20-21)12-5-7-14(18)8-6-12/h2-8,10H,18H2,1H3. The van der Waals surface area contributed by atoms with Crippen LogP contribution in [0.1, 0.15) is 11.1 Å². The Morgan fingerprint density at radius 3 is 2.62 bits per heavy atom. The van der Waals surface area contributed by atoms with Gasteiger partial charge < -0.3 is 5.73 Å². The first-order valence-electron chi connectivity index (χ1n) is 6.46. The average Bonchev–Trinajstić information content (AvgIpc) is 2.97. The third kappa shape index (κ3) is 2.35. The van der Waals surface area contributed by atoms with Crippen molar-refractivity contribution in [2.75, 3.05) is 5.73 Å². The third-order valence-corrected chi connectivity index (χ3v) is 3.25. The van der Waals surface area contributed by atoms with Crippen molar-refractivity contribution in [3.63, 3.8) is 0 Å². The summed E-state index contributed by atoms with van der Waals surface area (Å²) in [5.74, 6) is 0.599. The van der Waals surface area contributed by atoms with Gasteiger partial charge in [-0.15, -0.1) is 5.10 Å². The van der Waals surface area contributed by atoms with Crippen LogP contribution in [0.4, 0.5) is 5.69 Å². The second-order valence-electron chi connectivity index (χ2n) is 4.72. The second kappa shape index (κ2) is 5.10. The number of hydrogen-bond donors (Lipinski definition) is 1. The first-order valence-corrected chi connectivity index (χ1v) is 6.46. The summed E-state index contributed by atoms with van der Waals surface area (Å²) in [5, 5.41) is 13.7. The minimum Gasteiger partial charge on any atom is -0.399 e. The summed E-state index contributed by atoms with van der Waals surface area (Å²) < 4.78 is 1.64. The highest BCUT2D eigenvalue weighted by molar-refractivity contribution is 5.59. The molecule has 0 unspecified atom stereocenters. The molecule has 0 aliphatic carbocycles. The lowest BCUT2D eigenvalue weighted by atomic mass is 10.1. The molecule has 0 radical (unpaired) electrons. The molecule has 0 fully saturated rings. The van der Waals surface area contributed by atoms with Gasteiger partial charge in [0.05, 0.1) is 11.3 Å². The van der Waals surface area contributed by atoms with Crippen LogP contribution in [0.5, 0.6) is 0 Å². The molecule has 3 aromatic rings.